The van der Waals surface area contributed by atoms with Gasteiger partial charge in [0.05, 0.1) is 5.92 Å². The number of piperidine rings is 1. The van der Waals surface area contributed by atoms with Crippen LogP contribution in [0.4, 0.5) is 0 Å². The standard InChI is InChI=1S/C20H27N5O2/c1-20(2,3)19(27)24-9-4-5-16(13-24)18(26)23-12-15-6-7-17(22-11-15)25-10-8-21-14-25/h6-8,10-11,14,16H,4-5,9,12-13H2,1-3H3,(H,23,26). The van der Waals surface area contributed by atoms with E-state index in [-0.39, 0.29) is 17.7 Å². The molecular weight excluding hydrogens is 342 g/mol. The number of rotatable bonds is 4. The molecule has 0 spiro atoms. The quantitative estimate of drug-likeness (QED) is 0.896. The van der Waals surface area contributed by atoms with Crippen LogP contribution in [0, 0.1) is 11.3 Å². The van der Waals surface area contributed by atoms with E-state index in [0.29, 0.717) is 13.1 Å². The molecule has 7 heteroatoms. The van der Waals surface area contributed by atoms with Gasteiger partial charge in [0.15, 0.2) is 0 Å². The van der Waals surface area contributed by atoms with Crippen LogP contribution in [0.3, 0.4) is 0 Å². The summed E-state index contributed by atoms with van der Waals surface area (Å²) in [6.07, 6.45) is 8.66. The average Bonchev–Trinajstić information content (AvgIpc) is 3.20. The molecule has 1 fully saturated rings. The smallest absolute Gasteiger partial charge is 0.227 e. The Morgan fingerprint density at radius 1 is 1.30 bits per heavy atom. The van der Waals surface area contributed by atoms with Crippen molar-refractivity contribution in [2.75, 3.05) is 13.1 Å². The number of amides is 2. The highest BCUT2D eigenvalue weighted by atomic mass is 16.2. The molecular formula is C20H27N5O2. The van der Waals surface area contributed by atoms with Crippen LogP contribution in [0.2, 0.25) is 0 Å². The van der Waals surface area contributed by atoms with Crippen molar-refractivity contribution in [1.82, 2.24) is 24.8 Å². The van der Waals surface area contributed by atoms with Gasteiger partial charge in [-0.15, -0.1) is 0 Å². The highest BCUT2D eigenvalue weighted by molar-refractivity contribution is 5.83. The molecule has 1 aliphatic heterocycles. The number of likely N-dealkylation sites (tertiary alicyclic amines) is 1. The first-order valence-corrected chi connectivity index (χ1v) is 9.35. The molecule has 0 bridgehead atoms. The summed E-state index contributed by atoms with van der Waals surface area (Å²) < 4.78 is 1.82. The minimum Gasteiger partial charge on any atom is -0.352 e. The van der Waals surface area contributed by atoms with E-state index < -0.39 is 5.41 Å². The molecule has 3 rings (SSSR count). The maximum absolute atomic E-state index is 12.6. The number of carbonyl (C=O) groups is 2. The van der Waals surface area contributed by atoms with E-state index in [0.717, 1.165) is 30.8 Å². The SMILES string of the molecule is CC(C)(C)C(=O)N1CCCC(C(=O)NCc2ccc(-n3ccnc3)nc2)C1. The molecule has 1 atom stereocenters. The van der Waals surface area contributed by atoms with E-state index in [2.05, 4.69) is 15.3 Å². The summed E-state index contributed by atoms with van der Waals surface area (Å²) >= 11 is 0. The summed E-state index contributed by atoms with van der Waals surface area (Å²) in [5.41, 5.74) is 0.520. The molecule has 2 aromatic heterocycles. The fraction of sp³-hybridized carbons (Fsp3) is 0.500. The summed E-state index contributed by atoms with van der Waals surface area (Å²) in [5.74, 6) is 0.744. The Balaban J connectivity index is 1.53. The number of hydrogen-bond acceptors (Lipinski definition) is 4. The average molecular weight is 369 g/mol. The second kappa shape index (κ2) is 7.90. The van der Waals surface area contributed by atoms with Crippen LogP contribution >= 0.6 is 0 Å². The van der Waals surface area contributed by atoms with Crippen LogP contribution in [0.1, 0.15) is 39.2 Å². The van der Waals surface area contributed by atoms with Crippen LogP contribution in [-0.2, 0) is 16.1 Å². The van der Waals surface area contributed by atoms with Gasteiger partial charge in [-0.2, -0.15) is 0 Å². The van der Waals surface area contributed by atoms with Crippen LogP contribution < -0.4 is 5.32 Å². The Morgan fingerprint density at radius 2 is 2.11 bits per heavy atom. The van der Waals surface area contributed by atoms with E-state index in [1.54, 1.807) is 18.7 Å². The summed E-state index contributed by atoms with van der Waals surface area (Å²) in [5, 5.41) is 2.99. The minimum atomic E-state index is -0.416. The zero-order chi connectivity index (χ0) is 19.4. The van der Waals surface area contributed by atoms with Gasteiger partial charge in [-0.1, -0.05) is 26.8 Å². The van der Waals surface area contributed by atoms with Crippen molar-refractivity contribution in [2.45, 2.75) is 40.2 Å². The molecule has 0 saturated carbocycles. The summed E-state index contributed by atoms with van der Waals surface area (Å²) in [6.45, 7) is 7.41. The maximum atomic E-state index is 12.6. The fourth-order valence-electron chi connectivity index (χ4n) is 3.25. The van der Waals surface area contributed by atoms with Crippen molar-refractivity contribution in [3.05, 3.63) is 42.6 Å². The first kappa shape index (κ1) is 19.1. The largest absolute Gasteiger partial charge is 0.352 e. The Hall–Kier alpha value is -2.70. The van der Waals surface area contributed by atoms with Crippen molar-refractivity contribution in [1.29, 1.82) is 0 Å². The van der Waals surface area contributed by atoms with Gasteiger partial charge in [0.2, 0.25) is 11.8 Å². The molecule has 1 unspecified atom stereocenters. The van der Waals surface area contributed by atoms with Gasteiger partial charge in [0.1, 0.15) is 12.1 Å². The molecule has 1 saturated heterocycles. The van der Waals surface area contributed by atoms with Crippen LogP contribution in [0.15, 0.2) is 37.1 Å². The number of imidazole rings is 1. The van der Waals surface area contributed by atoms with Gasteiger partial charge in [-0.25, -0.2) is 9.97 Å². The Kier molecular flexibility index (Phi) is 5.58. The Morgan fingerprint density at radius 3 is 2.74 bits per heavy atom. The predicted octanol–water partition coefficient (Wildman–Crippen LogP) is 2.17. The second-order valence-corrected chi connectivity index (χ2v) is 8.05. The maximum Gasteiger partial charge on any atom is 0.227 e. The van der Waals surface area contributed by atoms with Gasteiger partial charge in [0.25, 0.3) is 0 Å². The molecule has 144 valence electrons. The lowest BCUT2D eigenvalue weighted by atomic mass is 9.91. The number of pyridine rings is 1. The topological polar surface area (TPSA) is 80.1 Å². The van der Waals surface area contributed by atoms with E-state index in [1.807, 2.05) is 48.6 Å². The molecule has 0 aliphatic carbocycles. The molecule has 2 aromatic rings. The zero-order valence-electron chi connectivity index (χ0n) is 16.2. The zero-order valence-corrected chi connectivity index (χ0v) is 16.2. The Bertz CT molecular complexity index is 778. The molecule has 2 amide bonds. The number of hydrogen-bond donors (Lipinski definition) is 1. The summed E-state index contributed by atoms with van der Waals surface area (Å²) in [7, 11) is 0. The number of aromatic nitrogens is 3. The molecule has 1 aliphatic rings. The van der Waals surface area contributed by atoms with Gasteiger partial charge in [-0.05, 0) is 24.5 Å². The van der Waals surface area contributed by atoms with Gasteiger partial charge < -0.3 is 10.2 Å². The van der Waals surface area contributed by atoms with Gasteiger partial charge >= 0.3 is 0 Å². The van der Waals surface area contributed by atoms with E-state index in [9.17, 15) is 9.59 Å². The van der Waals surface area contributed by atoms with Crippen molar-refractivity contribution >= 4 is 11.8 Å². The highest BCUT2D eigenvalue weighted by Crippen LogP contribution is 2.23. The highest BCUT2D eigenvalue weighted by Gasteiger charge is 2.33. The third kappa shape index (κ3) is 4.72. The molecule has 3 heterocycles. The second-order valence-electron chi connectivity index (χ2n) is 8.05. The first-order chi connectivity index (χ1) is 12.8. The summed E-state index contributed by atoms with van der Waals surface area (Å²) in [4.78, 5) is 35.3. The minimum absolute atomic E-state index is 0.0000882. The van der Waals surface area contributed by atoms with Crippen molar-refractivity contribution < 1.29 is 9.59 Å². The number of nitrogens with zero attached hydrogens (tertiary/aromatic N) is 4. The van der Waals surface area contributed by atoms with Crippen molar-refractivity contribution in [3.8, 4) is 5.82 Å². The third-order valence-electron chi connectivity index (χ3n) is 4.77. The van der Waals surface area contributed by atoms with Crippen LogP contribution in [0.25, 0.3) is 5.82 Å². The first-order valence-electron chi connectivity index (χ1n) is 9.35. The lowest BCUT2D eigenvalue weighted by Gasteiger charge is -2.35. The van der Waals surface area contributed by atoms with E-state index in [1.165, 1.54) is 0 Å². The van der Waals surface area contributed by atoms with E-state index >= 15 is 0 Å². The molecule has 1 N–H and O–H groups in total. The van der Waals surface area contributed by atoms with Crippen molar-refractivity contribution in [2.24, 2.45) is 11.3 Å². The Labute approximate surface area is 159 Å². The van der Waals surface area contributed by atoms with Gasteiger partial charge in [-0.3, -0.25) is 14.2 Å². The summed E-state index contributed by atoms with van der Waals surface area (Å²) in [6, 6.07) is 3.84. The monoisotopic (exact) mass is 369 g/mol. The van der Waals surface area contributed by atoms with E-state index in [4.69, 9.17) is 0 Å². The van der Waals surface area contributed by atoms with Crippen LogP contribution in [-0.4, -0.2) is 44.3 Å². The van der Waals surface area contributed by atoms with Crippen LogP contribution in [0.5, 0.6) is 0 Å². The van der Waals surface area contributed by atoms with Gasteiger partial charge in [0, 0.05) is 43.6 Å². The number of carbonyl (C=O) groups excluding carboxylic acids is 2. The van der Waals surface area contributed by atoms with Crippen molar-refractivity contribution in [3.63, 3.8) is 0 Å². The molecule has 0 aromatic carbocycles. The number of nitrogens with one attached hydrogen (secondary N) is 1. The predicted molar refractivity (Wildman–Crippen MR) is 102 cm³/mol. The molecule has 7 nitrogen and oxygen atoms in total. The fourth-order valence-corrected chi connectivity index (χ4v) is 3.25. The molecule has 27 heavy (non-hydrogen) atoms. The normalized spacial score (nSPS) is 17.6. The lowest BCUT2D eigenvalue weighted by molar-refractivity contribution is -0.142. The third-order valence-corrected chi connectivity index (χ3v) is 4.77. The molecule has 0 radical (unpaired) electrons. The lowest BCUT2D eigenvalue weighted by Crippen LogP contribution is -2.48.